The van der Waals surface area contributed by atoms with Crippen LogP contribution in [-0.4, -0.2) is 42.0 Å². The Morgan fingerprint density at radius 3 is 2.75 bits per heavy atom. The number of hydrogen-bond donors (Lipinski definition) is 0. The van der Waals surface area contributed by atoms with Crippen LogP contribution in [0.25, 0.3) is 0 Å². The van der Waals surface area contributed by atoms with Gasteiger partial charge in [-0.1, -0.05) is 6.42 Å². The van der Waals surface area contributed by atoms with Gasteiger partial charge in [0.15, 0.2) is 0 Å². The van der Waals surface area contributed by atoms with E-state index in [4.69, 9.17) is 6.42 Å². The highest BCUT2D eigenvalue weighted by Crippen LogP contribution is 2.26. The average Bonchev–Trinajstić information content (AvgIpc) is 2.37. The molecule has 2 nitrogen and oxygen atoms in total. The van der Waals surface area contributed by atoms with Crippen molar-refractivity contribution in [1.29, 1.82) is 0 Å². The molecule has 0 aliphatic carbocycles. The summed E-state index contributed by atoms with van der Waals surface area (Å²) in [5.74, 6) is 0. The van der Waals surface area contributed by atoms with Crippen molar-refractivity contribution in [2.75, 3.05) is 20.1 Å². The van der Waals surface area contributed by atoms with Crippen LogP contribution in [0, 0.1) is 12.5 Å². The van der Waals surface area contributed by atoms with E-state index in [9.17, 15) is 0 Å². The Labute approximate surface area is 74.5 Å². The summed E-state index contributed by atoms with van der Waals surface area (Å²) in [6.07, 6.45) is 9.33. The summed E-state index contributed by atoms with van der Waals surface area (Å²) in [4.78, 5) is 4.65. The van der Waals surface area contributed by atoms with Crippen LogP contribution in [0.4, 0.5) is 0 Å². The molecule has 0 N–H and O–H groups in total. The predicted octanol–water partition coefficient (Wildman–Crippen LogP) is 0.746. The van der Waals surface area contributed by atoms with Gasteiger partial charge in [0.2, 0.25) is 0 Å². The van der Waals surface area contributed by atoms with E-state index in [2.05, 4.69) is 22.9 Å². The molecule has 0 saturated carbocycles. The van der Waals surface area contributed by atoms with E-state index in [1.807, 2.05) is 0 Å². The summed E-state index contributed by atoms with van der Waals surface area (Å²) in [5, 5.41) is 0. The zero-order valence-corrected chi connectivity index (χ0v) is 7.66. The van der Waals surface area contributed by atoms with Crippen molar-refractivity contribution in [3.05, 3.63) is 0 Å². The normalized spacial score (nSPS) is 36.2. The Morgan fingerprint density at radius 2 is 2.00 bits per heavy atom. The van der Waals surface area contributed by atoms with Gasteiger partial charge in [0.05, 0.1) is 0 Å². The van der Waals surface area contributed by atoms with Crippen LogP contribution in [-0.2, 0) is 0 Å². The monoisotopic (exact) mass is 164 g/mol. The summed E-state index contributed by atoms with van der Waals surface area (Å²) in [7, 11) is 2.22. The van der Waals surface area contributed by atoms with E-state index < -0.39 is 0 Å². The minimum atomic E-state index is 0.663. The summed E-state index contributed by atoms with van der Waals surface area (Å²) >= 11 is 0. The summed E-state index contributed by atoms with van der Waals surface area (Å²) in [6.45, 7) is 2.30. The highest BCUT2D eigenvalue weighted by molar-refractivity contribution is 4.99. The van der Waals surface area contributed by atoms with Gasteiger partial charge in [-0.25, -0.2) is 0 Å². The van der Waals surface area contributed by atoms with E-state index in [0.717, 1.165) is 6.54 Å². The maximum absolute atomic E-state index is 5.46. The Bertz CT molecular complexity index is 206. The summed E-state index contributed by atoms with van der Waals surface area (Å²) in [6, 6.07) is 4.17. The van der Waals surface area contributed by atoms with Crippen LogP contribution in [0.3, 0.4) is 0 Å². The lowest BCUT2D eigenvalue weighted by Gasteiger charge is -2.35. The number of rotatable bonds is 0. The standard InChI is InChI=1S/C10H16N2/c1-3-12-8-10-5-4-9(12)6-7-11(10)2/h1,9-10H,4-8H2,2H3. The topological polar surface area (TPSA) is 6.48 Å². The molecule has 2 heteroatoms. The fourth-order valence-corrected chi connectivity index (χ4v) is 2.36. The zero-order valence-electron chi connectivity index (χ0n) is 7.66. The molecule has 2 atom stereocenters. The molecule has 66 valence electrons. The van der Waals surface area contributed by atoms with Crippen LogP contribution in [0.1, 0.15) is 19.3 Å². The first-order chi connectivity index (χ1) is 5.81. The maximum Gasteiger partial charge on any atom is 0.0419 e. The Hall–Kier alpha value is -0.680. The quantitative estimate of drug-likeness (QED) is 0.487. The third kappa shape index (κ3) is 1.19. The van der Waals surface area contributed by atoms with Crippen LogP contribution in [0.15, 0.2) is 0 Å². The number of terminal acetylenes is 1. The lowest BCUT2D eigenvalue weighted by molar-refractivity contribution is 0.171. The van der Waals surface area contributed by atoms with E-state index in [-0.39, 0.29) is 0 Å². The first-order valence-corrected chi connectivity index (χ1v) is 4.74. The Morgan fingerprint density at radius 1 is 1.25 bits per heavy atom. The molecule has 0 amide bonds. The fourth-order valence-electron chi connectivity index (χ4n) is 2.36. The number of hydrogen-bond acceptors (Lipinski definition) is 2. The first-order valence-electron chi connectivity index (χ1n) is 4.74. The highest BCUT2D eigenvalue weighted by Gasteiger charge is 2.32. The first kappa shape index (κ1) is 7.94. The number of fused-ring (bicyclic) bond motifs is 4. The van der Waals surface area contributed by atoms with Gasteiger partial charge < -0.3 is 9.80 Å². The number of nitrogens with zero attached hydrogens (tertiary/aromatic N) is 2. The minimum Gasteiger partial charge on any atom is -0.328 e. The van der Waals surface area contributed by atoms with Gasteiger partial charge >= 0.3 is 0 Å². The molecule has 3 aliphatic rings. The molecule has 0 spiro atoms. The van der Waals surface area contributed by atoms with Crippen LogP contribution in [0.5, 0.6) is 0 Å². The van der Waals surface area contributed by atoms with Crippen molar-refractivity contribution in [2.45, 2.75) is 31.3 Å². The lowest BCUT2D eigenvalue weighted by Crippen LogP contribution is -2.43. The van der Waals surface area contributed by atoms with Gasteiger partial charge in [-0.3, -0.25) is 0 Å². The molecule has 12 heavy (non-hydrogen) atoms. The van der Waals surface area contributed by atoms with E-state index in [0.29, 0.717) is 12.1 Å². The smallest absolute Gasteiger partial charge is 0.0419 e. The van der Waals surface area contributed by atoms with E-state index in [1.54, 1.807) is 0 Å². The molecule has 3 saturated heterocycles. The molecule has 0 aromatic carbocycles. The number of piperidine rings is 1. The highest BCUT2D eigenvalue weighted by atomic mass is 15.2. The van der Waals surface area contributed by atoms with Gasteiger partial charge in [-0.05, 0) is 26.3 Å². The molecular weight excluding hydrogens is 148 g/mol. The summed E-state index contributed by atoms with van der Waals surface area (Å²) < 4.78 is 0. The second-order valence-electron chi connectivity index (χ2n) is 3.94. The van der Waals surface area contributed by atoms with Crippen LogP contribution >= 0.6 is 0 Å². The maximum atomic E-state index is 5.46. The van der Waals surface area contributed by atoms with Crippen LogP contribution < -0.4 is 0 Å². The average molecular weight is 164 g/mol. The Balaban J connectivity index is 2.14. The second kappa shape index (κ2) is 2.99. The number of likely N-dealkylation sites (N-methyl/N-ethyl adjacent to an activating group) is 1. The van der Waals surface area contributed by atoms with Gasteiger partial charge in [0, 0.05) is 31.2 Å². The molecule has 2 bridgehead atoms. The fraction of sp³-hybridized carbons (Fsp3) is 0.800. The predicted molar refractivity (Wildman–Crippen MR) is 49.6 cm³/mol. The minimum absolute atomic E-state index is 0.663. The van der Waals surface area contributed by atoms with E-state index in [1.165, 1.54) is 25.8 Å². The van der Waals surface area contributed by atoms with Crippen LogP contribution in [0.2, 0.25) is 0 Å². The molecule has 3 fully saturated rings. The van der Waals surface area contributed by atoms with Gasteiger partial charge in [0.25, 0.3) is 0 Å². The Kier molecular flexibility index (Phi) is 1.98. The molecule has 0 aromatic heterocycles. The molecule has 3 heterocycles. The van der Waals surface area contributed by atoms with Crippen molar-refractivity contribution in [1.82, 2.24) is 9.80 Å². The third-order valence-corrected chi connectivity index (χ3v) is 3.29. The largest absolute Gasteiger partial charge is 0.328 e. The van der Waals surface area contributed by atoms with Crippen molar-refractivity contribution < 1.29 is 0 Å². The molecule has 0 radical (unpaired) electrons. The molecular formula is C10H16N2. The summed E-state index contributed by atoms with van der Waals surface area (Å²) in [5.41, 5.74) is 0. The molecule has 2 unspecified atom stereocenters. The molecule has 3 aliphatic heterocycles. The molecule has 0 aromatic rings. The van der Waals surface area contributed by atoms with Crippen molar-refractivity contribution in [3.8, 4) is 12.5 Å². The molecule has 3 rings (SSSR count). The lowest BCUT2D eigenvalue weighted by atomic mass is 9.99. The van der Waals surface area contributed by atoms with Crippen molar-refractivity contribution >= 4 is 0 Å². The zero-order chi connectivity index (χ0) is 8.55. The van der Waals surface area contributed by atoms with E-state index >= 15 is 0 Å². The van der Waals surface area contributed by atoms with Gasteiger partial charge in [0.1, 0.15) is 0 Å². The SMILES string of the molecule is C#CN1CC2CCC1CCN2C. The van der Waals surface area contributed by atoms with Gasteiger partial charge in [-0.15, -0.1) is 0 Å². The second-order valence-corrected chi connectivity index (χ2v) is 3.94. The van der Waals surface area contributed by atoms with Crippen molar-refractivity contribution in [2.24, 2.45) is 0 Å². The third-order valence-electron chi connectivity index (χ3n) is 3.29. The van der Waals surface area contributed by atoms with Gasteiger partial charge in [-0.2, -0.15) is 0 Å². The van der Waals surface area contributed by atoms with Crippen molar-refractivity contribution in [3.63, 3.8) is 0 Å².